The lowest BCUT2D eigenvalue weighted by Gasteiger charge is -2.37. The predicted molar refractivity (Wildman–Crippen MR) is 136 cm³/mol. The number of aromatic nitrogens is 1. The van der Waals surface area contributed by atoms with Gasteiger partial charge in [0.15, 0.2) is 0 Å². The Morgan fingerprint density at radius 1 is 0.941 bits per heavy atom. The average molecular weight is 456 g/mol. The van der Waals surface area contributed by atoms with Crippen molar-refractivity contribution in [1.82, 2.24) is 9.47 Å². The number of amides is 1. The lowest BCUT2D eigenvalue weighted by molar-refractivity contribution is -0.131. The van der Waals surface area contributed by atoms with Crippen LogP contribution in [0.4, 0.5) is 10.1 Å². The van der Waals surface area contributed by atoms with Gasteiger partial charge in [0.05, 0.1) is 0 Å². The van der Waals surface area contributed by atoms with Crippen molar-refractivity contribution in [2.75, 3.05) is 31.1 Å². The molecule has 4 aromatic rings. The molecule has 0 aliphatic carbocycles. The van der Waals surface area contributed by atoms with E-state index in [0.29, 0.717) is 19.5 Å². The summed E-state index contributed by atoms with van der Waals surface area (Å²) in [5.74, 6) is -0.364. The van der Waals surface area contributed by atoms with Gasteiger partial charge in [-0.15, -0.1) is 0 Å². The molecule has 1 amide bonds. The molecule has 1 aliphatic heterocycles. The molecule has 1 aliphatic rings. The number of nitrogens with zero attached hydrogens (tertiary/aromatic N) is 3. The zero-order chi connectivity index (χ0) is 23.7. The summed E-state index contributed by atoms with van der Waals surface area (Å²) in [5.41, 5.74) is 5.50. The maximum absolute atomic E-state index is 14.2. The molecule has 5 heteroatoms. The maximum Gasteiger partial charge on any atom is 0.223 e. The molecule has 0 N–H and O–H groups in total. The number of hydrogen-bond acceptors (Lipinski definition) is 2. The summed E-state index contributed by atoms with van der Waals surface area (Å²) < 4.78 is 16.3. The molecule has 174 valence electrons. The highest BCUT2D eigenvalue weighted by atomic mass is 19.1. The van der Waals surface area contributed by atoms with Gasteiger partial charge in [0.25, 0.3) is 0 Å². The van der Waals surface area contributed by atoms with Crippen LogP contribution < -0.4 is 4.90 Å². The van der Waals surface area contributed by atoms with Gasteiger partial charge in [-0.05, 0) is 47.9 Å². The lowest BCUT2D eigenvalue weighted by atomic mass is 9.87. The van der Waals surface area contributed by atoms with Crippen molar-refractivity contribution in [2.45, 2.75) is 19.3 Å². The number of piperazine rings is 1. The first-order valence-corrected chi connectivity index (χ1v) is 11.9. The zero-order valence-corrected chi connectivity index (χ0v) is 19.7. The normalized spacial score (nSPS) is 15.0. The summed E-state index contributed by atoms with van der Waals surface area (Å²) in [6, 6.07) is 23.3. The Morgan fingerprint density at radius 3 is 2.44 bits per heavy atom. The van der Waals surface area contributed by atoms with Crippen LogP contribution in [-0.2, 0) is 11.8 Å². The maximum atomic E-state index is 14.2. The van der Waals surface area contributed by atoms with E-state index in [9.17, 15) is 9.18 Å². The fraction of sp³-hybridized carbons (Fsp3) is 0.276. The van der Waals surface area contributed by atoms with Gasteiger partial charge in [-0.3, -0.25) is 4.79 Å². The van der Waals surface area contributed by atoms with Gasteiger partial charge >= 0.3 is 0 Å². The Labute approximate surface area is 200 Å². The van der Waals surface area contributed by atoms with E-state index in [1.807, 2.05) is 30.1 Å². The molecule has 4 nitrogen and oxygen atoms in total. The van der Waals surface area contributed by atoms with Crippen molar-refractivity contribution in [1.29, 1.82) is 0 Å². The minimum absolute atomic E-state index is 0.117. The Hall–Kier alpha value is -3.60. The van der Waals surface area contributed by atoms with Gasteiger partial charge in [0.2, 0.25) is 5.91 Å². The van der Waals surface area contributed by atoms with E-state index in [-0.39, 0.29) is 17.6 Å². The molecule has 1 aromatic heterocycles. The smallest absolute Gasteiger partial charge is 0.223 e. The van der Waals surface area contributed by atoms with Gasteiger partial charge in [0, 0.05) is 68.4 Å². The van der Waals surface area contributed by atoms with E-state index in [1.54, 1.807) is 12.1 Å². The Balaban J connectivity index is 1.39. The number of carbonyl (C=O) groups is 1. The first kappa shape index (κ1) is 22.2. The average Bonchev–Trinajstić information content (AvgIpc) is 3.19. The molecule has 0 bridgehead atoms. The number of rotatable bonds is 5. The highest BCUT2D eigenvalue weighted by Gasteiger charge is 2.27. The summed E-state index contributed by atoms with van der Waals surface area (Å²) in [7, 11) is 2.01. The van der Waals surface area contributed by atoms with Crippen molar-refractivity contribution in [3.05, 3.63) is 102 Å². The van der Waals surface area contributed by atoms with Crippen molar-refractivity contribution in [2.24, 2.45) is 7.05 Å². The monoisotopic (exact) mass is 455 g/mol. The summed E-state index contributed by atoms with van der Waals surface area (Å²) in [5, 5.41) is 1.11. The SMILES string of the molecule is Cc1ccccc1N1CCN(C(=O)C[C@H](c2cccc(F)c2)c2cn(C)c3ccccc23)CC1. The molecular weight excluding hydrogens is 425 g/mol. The molecule has 34 heavy (non-hydrogen) atoms. The van der Waals surface area contributed by atoms with Crippen molar-refractivity contribution >= 4 is 22.5 Å². The Bertz CT molecular complexity index is 1320. The van der Waals surface area contributed by atoms with Crippen LogP contribution in [0.2, 0.25) is 0 Å². The number of benzene rings is 3. The van der Waals surface area contributed by atoms with Gasteiger partial charge in [0.1, 0.15) is 5.82 Å². The second-order valence-corrected chi connectivity index (χ2v) is 9.18. The van der Waals surface area contributed by atoms with E-state index in [2.05, 4.69) is 59.0 Å². The fourth-order valence-electron chi connectivity index (χ4n) is 5.20. The topological polar surface area (TPSA) is 28.5 Å². The van der Waals surface area contributed by atoms with E-state index < -0.39 is 0 Å². The van der Waals surface area contributed by atoms with Crippen LogP contribution in [-0.4, -0.2) is 41.6 Å². The third-order valence-electron chi connectivity index (χ3n) is 7.02. The van der Waals surface area contributed by atoms with Crippen LogP contribution >= 0.6 is 0 Å². The largest absolute Gasteiger partial charge is 0.368 e. The summed E-state index contributed by atoms with van der Waals surface area (Å²) in [6.07, 6.45) is 2.41. The highest BCUT2D eigenvalue weighted by Crippen LogP contribution is 2.35. The first-order valence-electron chi connectivity index (χ1n) is 11.9. The molecule has 1 fully saturated rings. The molecule has 0 unspecified atom stereocenters. The molecule has 3 aromatic carbocycles. The van der Waals surface area contributed by atoms with Crippen LogP contribution in [0.25, 0.3) is 10.9 Å². The summed E-state index contributed by atoms with van der Waals surface area (Å²) in [6.45, 7) is 5.14. The molecule has 0 radical (unpaired) electrons. The van der Waals surface area contributed by atoms with E-state index in [0.717, 1.165) is 35.1 Å². The fourth-order valence-corrected chi connectivity index (χ4v) is 5.20. The van der Waals surface area contributed by atoms with E-state index in [1.165, 1.54) is 17.3 Å². The summed E-state index contributed by atoms with van der Waals surface area (Å²) >= 11 is 0. The standard InChI is InChI=1S/C29H30FN3O/c1-21-8-3-5-12-27(21)32-14-16-33(17-15-32)29(34)19-25(22-9-7-10-23(30)18-22)26-20-31(2)28-13-6-4-11-24(26)28/h3-13,18,20,25H,14-17,19H2,1-2H3/t25-/m1/s1. The molecule has 2 heterocycles. The van der Waals surface area contributed by atoms with Crippen LogP contribution in [0.3, 0.4) is 0 Å². The predicted octanol–water partition coefficient (Wildman–Crippen LogP) is 5.50. The molecule has 1 atom stereocenters. The first-order chi connectivity index (χ1) is 16.5. The summed E-state index contributed by atoms with van der Waals surface area (Å²) in [4.78, 5) is 17.8. The van der Waals surface area contributed by atoms with E-state index in [4.69, 9.17) is 0 Å². The molecule has 0 spiro atoms. The molecule has 5 rings (SSSR count). The number of halogens is 1. The van der Waals surface area contributed by atoms with Gasteiger partial charge in [-0.2, -0.15) is 0 Å². The van der Waals surface area contributed by atoms with Crippen LogP contribution in [0.5, 0.6) is 0 Å². The number of anilines is 1. The lowest BCUT2D eigenvalue weighted by Crippen LogP contribution is -2.49. The number of fused-ring (bicyclic) bond motifs is 1. The quantitative estimate of drug-likeness (QED) is 0.398. The molecular formula is C29H30FN3O. The van der Waals surface area contributed by atoms with Crippen LogP contribution in [0, 0.1) is 12.7 Å². The van der Waals surface area contributed by atoms with Crippen molar-refractivity contribution in [3.8, 4) is 0 Å². The van der Waals surface area contributed by atoms with Crippen molar-refractivity contribution in [3.63, 3.8) is 0 Å². The zero-order valence-electron chi connectivity index (χ0n) is 19.7. The number of aryl methyl sites for hydroxylation is 2. The Kier molecular flexibility index (Phi) is 6.10. The minimum atomic E-state index is -0.276. The number of hydrogen-bond donors (Lipinski definition) is 0. The van der Waals surface area contributed by atoms with Gasteiger partial charge in [-0.25, -0.2) is 4.39 Å². The van der Waals surface area contributed by atoms with Crippen LogP contribution in [0.15, 0.2) is 79.0 Å². The van der Waals surface area contributed by atoms with Gasteiger partial charge < -0.3 is 14.4 Å². The minimum Gasteiger partial charge on any atom is -0.368 e. The second kappa shape index (κ2) is 9.34. The second-order valence-electron chi connectivity index (χ2n) is 9.18. The molecule has 0 saturated carbocycles. The third kappa shape index (κ3) is 4.30. The molecule has 1 saturated heterocycles. The highest BCUT2D eigenvalue weighted by molar-refractivity contribution is 5.86. The van der Waals surface area contributed by atoms with Gasteiger partial charge in [-0.1, -0.05) is 48.5 Å². The number of carbonyl (C=O) groups excluding carboxylic acids is 1. The third-order valence-corrected chi connectivity index (χ3v) is 7.02. The number of para-hydroxylation sites is 2. The van der Waals surface area contributed by atoms with Crippen LogP contribution in [0.1, 0.15) is 29.0 Å². The Morgan fingerprint density at radius 2 is 1.68 bits per heavy atom. The van der Waals surface area contributed by atoms with E-state index >= 15 is 0 Å². The van der Waals surface area contributed by atoms with Crippen molar-refractivity contribution < 1.29 is 9.18 Å².